The summed E-state index contributed by atoms with van der Waals surface area (Å²) >= 11 is 6.67. The largest absolute Gasteiger partial charge is 0.462 e. The molecule has 0 saturated heterocycles. The van der Waals surface area contributed by atoms with Crippen LogP contribution in [0.25, 0.3) is 0 Å². The molecule has 7 nitrogen and oxygen atoms in total. The van der Waals surface area contributed by atoms with Gasteiger partial charge in [-0.1, -0.05) is 45.2 Å². The van der Waals surface area contributed by atoms with E-state index in [-0.39, 0.29) is 30.6 Å². The lowest BCUT2D eigenvalue weighted by Crippen LogP contribution is -2.71. The number of halogens is 2. The van der Waals surface area contributed by atoms with Crippen LogP contribution < -0.4 is 0 Å². The molecule has 0 unspecified atom stereocenters. The van der Waals surface area contributed by atoms with Gasteiger partial charge in [-0.2, -0.15) is 0 Å². The van der Waals surface area contributed by atoms with Crippen LogP contribution in [0.15, 0.2) is 57.5 Å². The van der Waals surface area contributed by atoms with E-state index in [4.69, 9.17) is 9.47 Å². The highest BCUT2D eigenvalue weighted by Gasteiger charge is 2.66. The van der Waals surface area contributed by atoms with Gasteiger partial charge in [0.1, 0.15) is 23.6 Å². The molecule has 0 heterocycles. The summed E-state index contributed by atoms with van der Waals surface area (Å²) in [5.74, 6) is -1.76. The molecule has 0 amide bonds. The minimum absolute atomic E-state index is 0.107. The average Bonchev–Trinajstić information content (AvgIpc) is 2.90. The number of aliphatic hydroxyl groups excluding tert-OH is 1. The van der Waals surface area contributed by atoms with E-state index in [0.29, 0.717) is 29.9 Å². The summed E-state index contributed by atoms with van der Waals surface area (Å²) < 4.78 is 12.9. The van der Waals surface area contributed by atoms with Crippen molar-refractivity contribution in [2.45, 2.75) is 64.3 Å². The summed E-state index contributed by atoms with van der Waals surface area (Å²) in [5, 5.41) is 23.2. The molecule has 0 bridgehead atoms. The number of fused-ring (bicyclic) bond motifs is 1. The number of ether oxygens (including phenoxy) is 2. The monoisotopic (exact) mass is 664 g/mol. The van der Waals surface area contributed by atoms with Crippen molar-refractivity contribution < 1.29 is 34.1 Å². The Morgan fingerprint density at radius 2 is 1.46 bits per heavy atom. The molecule has 2 fully saturated rings. The number of benzene rings is 2. The highest BCUT2D eigenvalue weighted by atomic mass is 79.9. The first kappa shape index (κ1) is 29.9. The quantitative estimate of drug-likeness (QED) is 0.363. The molecular weight excluding hydrogens is 632 g/mol. The molecule has 0 spiro atoms. The standard InChI is InChI=1S/C30H34Br2O7/c1-17-4-13-23-22(16-17)25(39-28(36)19-7-11-21(32)12-8-19)26(34)30(3,37)29(23,2)24(33)14-15-38-27(35)18-5-9-20(31)10-6-18/h5-12,17,22-23,25-26,34,37H,4,13-16H2,1-3H3/t17-,22-,23-,25+,26+,29-,30+/m0/s1. The number of esters is 2. The van der Waals surface area contributed by atoms with E-state index < -0.39 is 35.2 Å². The number of aliphatic hydroxyl groups is 2. The van der Waals surface area contributed by atoms with Crippen molar-refractivity contribution in [2.75, 3.05) is 6.61 Å². The Bertz CT molecular complexity index is 1210. The van der Waals surface area contributed by atoms with E-state index in [1.807, 2.05) is 0 Å². The van der Waals surface area contributed by atoms with E-state index in [9.17, 15) is 24.6 Å². The van der Waals surface area contributed by atoms with Crippen LogP contribution in [-0.4, -0.2) is 52.4 Å². The molecule has 210 valence electrons. The Balaban J connectivity index is 1.53. The third kappa shape index (κ3) is 5.87. The first-order valence-electron chi connectivity index (χ1n) is 13.2. The topological polar surface area (TPSA) is 110 Å². The van der Waals surface area contributed by atoms with Crippen molar-refractivity contribution in [3.05, 3.63) is 68.6 Å². The molecule has 2 saturated carbocycles. The molecule has 2 aliphatic carbocycles. The number of hydrogen-bond acceptors (Lipinski definition) is 7. The number of ketones is 1. The fourth-order valence-corrected chi connectivity index (χ4v) is 6.85. The molecule has 2 aliphatic rings. The number of hydrogen-bond donors (Lipinski definition) is 2. The van der Waals surface area contributed by atoms with Crippen LogP contribution in [0.4, 0.5) is 0 Å². The van der Waals surface area contributed by atoms with E-state index in [2.05, 4.69) is 38.8 Å². The summed E-state index contributed by atoms with van der Waals surface area (Å²) in [4.78, 5) is 39.2. The zero-order chi connectivity index (χ0) is 28.5. The Morgan fingerprint density at radius 1 is 0.923 bits per heavy atom. The van der Waals surface area contributed by atoms with Gasteiger partial charge < -0.3 is 19.7 Å². The second-order valence-corrected chi connectivity index (χ2v) is 13.0. The predicted molar refractivity (Wildman–Crippen MR) is 152 cm³/mol. The van der Waals surface area contributed by atoms with E-state index in [1.165, 1.54) is 6.92 Å². The Hall–Kier alpha value is -2.07. The fourth-order valence-electron chi connectivity index (χ4n) is 6.33. The predicted octanol–water partition coefficient (Wildman–Crippen LogP) is 5.74. The molecule has 2 aromatic carbocycles. The molecule has 2 aromatic rings. The SMILES string of the molecule is C[C@H]1CC[C@H]2[C@H](C1)[C@@H](OC(=O)c1ccc(Br)cc1)[C@@H](O)[C@@](C)(O)[C@]2(C)C(=O)CCOC(=O)c1ccc(Br)cc1. The molecule has 2 N–H and O–H groups in total. The number of Topliss-reactive ketones (excluding diaryl/α,β-unsaturated/α-hetero) is 1. The van der Waals surface area contributed by atoms with Gasteiger partial charge in [0.25, 0.3) is 0 Å². The maximum Gasteiger partial charge on any atom is 0.338 e. The Morgan fingerprint density at radius 3 is 2.03 bits per heavy atom. The van der Waals surface area contributed by atoms with Gasteiger partial charge in [0.15, 0.2) is 0 Å². The molecule has 0 radical (unpaired) electrons. The summed E-state index contributed by atoms with van der Waals surface area (Å²) in [6.45, 7) is 5.09. The third-order valence-corrected chi connectivity index (χ3v) is 9.87. The Kier molecular flexibility index (Phi) is 9.05. The van der Waals surface area contributed by atoms with Gasteiger partial charge in [-0.15, -0.1) is 0 Å². The van der Waals surface area contributed by atoms with Crippen LogP contribution in [0.2, 0.25) is 0 Å². The van der Waals surface area contributed by atoms with Gasteiger partial charge in [-0.3, -0.25) is 4.79 Å². The molecule has 0 aromatic heterocycles. The van der Waals surface area contributed by atoms with Crippen LogP contribution >= 0.6 is 31.9 Å². The number of rotatable bonds is 7. The first-order valence-corrected chi connectivity index (χ1v) is 14.8. The molecular formula is C30H34Br2O7. The van der Waals surface area contributed by atoms with Crippen molar-refractivity contribution in [1.29, 1.82) is 0 Å². The summed E-state index contributed by atoms with van der Waals surface area (Å²) in [6.07, 6.45) is -0.423. The zero-order valence-electron chi connectivity index (χ0n) is 22.2. The number of carbonyl (C=O) groups excluding carboxylic acids is 3. The summed E-state index contributed by atoms with van der Waals surface area (Å²) in [6, 6.07) is 13.4. The van der Waals surface area contributed by atoms with Crippen LogP contribution in [0.1, 0.15) is 67.2 Å². The molecule has 39 heavy (non-hydrogen) atoms. The van der Waals surface area contributed by atoms with Crippen LogP contribution in [0.5, 0.6) is 0 Å². The van der Waals surface area contributed by atoms with E-state index in [0.717, 1.165) is 15.4 Å². The molecule has 7 atom stereocenters. The second-order valence-electron chi connectivity index (χ2n) is 11.2. The zero-order valence-corrected chi connectivity index (χ0v) is 25.4. The van der Waals surface area contributed by atoms with Crippen LogP contribution in [-0.2, 0) is 14.3 Å². The lowest BCUT2D eigenvalue weighted by molar-refractivity contribution is -0.248. The van der Waals surface area contributed by atoms with Crippen molar-refractivity contribution >= 4 is 49.6 Å². The van der Waals surface area contributed by atoms with Gasteiger partial charge in [-0.25, -0.2) is 9.59 Å². The smallest absolute Gasteiger partial charge is 0.338 e. The lowest BCUT2D eigenvalue weighted by atomic mass is 9.48. The van der Waals surface area contributed by atoms with Crippen LogP contribution in [0, 0.1) is 23.2 Å². The van der Waals surface area contributed by atoms with Gasteiger partial charge in [0.05, 0.1) is 23.1 Å². The minimum Gasteiger partial charge on any atom is -0.462 e. The maximum atomic E-state index is 13.8. The van der Waals surface area contributed by atoms with Crippen molar-refractivity contribution in [2.24, 2.45) is 23.2 Å². The lowest BCUT2D eigenvalue weighted by Gasteiger charge is -2.60. The highest BCUT2D eigenvalue weighted by molar-refractivity contribution is 9.10. The number of carbonyl (C=O) groups is 3. The fraction of sp³-hybridized carbons (Fsp3) is 0.500. The van der Waals surface area contributed by atoms with Gasteiger partial charge in [0.2, 0.25) is 0 Å². The Labute approximate surface area is 245 Å². The van der Waals surface area contributed by atoms with Crippen molar-refractivity contribution in [1.82, 2.24) is 0 Å². The normalized spacial score (nSPS) is 32.1. The first-order chi connectivity index (χ1) is 18.4. The highest BCUT2D eigenvalue weighted by Crippen LogP contribution is 2.57. The average molecular weight is 666 g/mol. The second kappa shape index (κ2) is 11.8. The van der Waals surface area contributed by atoms with Gasteiger partial charge in [-0.05, 0) is 87.1 Å². The maximum absolute atomic E-state index is 13.8. The molecule has 0 aliphatic heterocycles. The minimum atomic E-state index is -1.88. The summed E-state index contributed by atoms with van der Waals surface area (Å²) in [5.41, 5.74) is -2.51. The van der Waals surface area contributed by atoms with Gasteiger partial charge in [0, 0.05) is 21.3 Å². The van der Waals surface area contributed by atoms with E-state index in [1.54, 1.807) is 55.5 Å². The third-order valence-electron chi connectivity index (χ3n) is 8.81. The van der Waals surface area contributed by atoms with E-state index >= 15 is 0 Å². The summed E-state index contributed by atoms with van der Waals surface area (Å²) in [7, 11) is 0. The van der Waals surface area contributed by atoms with Gasteiger partial charge >= 0.3 is 11.9 Å². The molecule has 9 heteroatoms. The van der Waals surface area contributed by atoms with Crippen LogP contribution in [0.3, 0.4) is 0 Å². The molecule has 4 rings (SSSR count). The van der Waals surface area contributed by atoms with Crippen molar-refractivity contribution in [3.63, 3.8) is 0 Å². The van der Waals surface area contributed by atoms with Crippen molar-refractivity contribution in [3.8, 4) is 0 Å².